The van der Waals surface area contributed by atoms with Crippen molar-refractivity contribution in [1.29, 1.82) is 5.26 Å². The predicted molar refractivity (Wildman–Crippen MR) is 105 cm³/mol. The molecule has 1 aliphatic heterocycles. The SMILES string of the molecule is CCn1c(-c2ccc3c(c2)OCCO3)cnc1SCc1ccccc1C#N. The average molecular weight is 377 g/mol. The van der Waals surface area contributed by atoms with Crippen LogP contribution < -0.4 is 9.47 Å². The lowest BCUT2D eigenvalue weighted by Crippen LogP contribution is -2.15. The van der Waals surface area contributed by atoms with E-state index in [1.165, 1.54) is 0 Å². The second-order valence-corrected chi connectivity index (χ2v) is 7.03. The van der Waals surface area contributed by atoms with Crippen molar-refractivity contribution >= 4 is 11.8 Å². The molecule has 0 fully saturated rings. The molecule has 0 N–H and O–H groups in total. The highest BCUT2D eigenvalue weighted by Crippen LogP contribution is 2.36. The summed E-state index contributed by atoms with van der Waals surface area (Å²) in [5.74, 6) is 2.27. The minimum atomic E-state index is 0.572. The Balaban J connectivity index is 1.60. The normalized spacial score (nSPS) is 12.6. The second kappa shape index (κ2) is 7.77. The first-order chi connectivity index (χ1) is 13.3. The first kappa shape index (κ1) is 17.5. The van der Waals surface area contributed by atoms with E-state index >= 15 is 0 Å². The van der Waals surface area contributed by atoms with E-state index in [0.29, 0.717) is 24.5 Å². The molecule has 3 aromatic rings. The van der Waals surface area contributed by atoms with Crippen molar-refractivity contribution in [2.75, 3.05) is 13.2 Å². The van der Waals surface area contributed by atoms with Crippen molar-refractivity contribution < 1.29 is 9.47 Å². The number of benzene rings is 2. The Morgan fingerprint density at radius 1 is 1.15 bits per heavy atom. The van der Waals surface area contributed by atoms with Gasteiger partial charge in [0.15, 0.2) is 16.7 Å². The average Bonchev–Trinajstić information content (AvgIpc) is 3.15. The summed E-state index contributed by atoms with van der Waals surface area (Å²) in [7, 11) is 0. The maximum absolute atomic E-state index is 9.26. The molecule has 0 bridgehead atoms. The van der Waals surface area contributed by atoms with Gasteiger partial charge in [-0.25, -0.2) is 4.98 Å². The highest BCUT2D eigenvalue weighted by atomic mass is 32.2. The van der Waals surface area contributed by atoms with E-state index in [1.807, 2.05) is 48.7 Å². The zero-order valence-electron chi connectivity index (χ0n) is 15.0. The van der Waals surface area contributed by atoms with Gasteiger partial charge in [-0.3, -0.25) is 0 Å². The Hall–Kier alpha value is -2.91. The number of hydrogen-bond acceptors (Lipinski definition) is 5. The molecule has 2 aromatic carbocycles. The lowest BCUT2D eigenvalue weighted by atomic mass is 10.1. The van der Waals surface area contributed by atoms with Crippen molar-refractivity contribution in [3.63, 3.8) is 0 Å². The summed E-state index contributed by atoms with van der Waals surface area (Å²) in [4.78, 5) is 4.62. The van der Waals surface area contributed by atoms with Crippen LogP contribution in [0.4, 0.5) is 0 Å². The molecule has 0 radical (unpaired) electrons. The van der Waals surface area contributed by atoms with Crippen molar-refractivity contribution in [3.05, 3.63) is 59.8 Å². The highest BCUT2D eigenvalue weighted by molar-refractivity contribution is 7.98. The van der Waals surface area contributed by atoms with Crippen LogP contribution in [-0.4, -0.2) is 22.8 Å². The van der Waals surface area contributed by atoms with Gasteiger partial charge in [0, 0.05) is 17.9 Å². The van der Waals surface area contributed by atoms with E-state index in [1.54, 1.807) is 11.8 Å². The van der Waals surface area contributed by atoms with E-state index < -0.39 is 0 Å². The molecule has 0 saturated carbocycles. The van der Waals surface area contributed by atoms with Crippen LogP contribution in [0.5, 0.6) is 11.5 Å². The first-order valence-electron chi connectivity index (χ1n) is 8.86. The van der Waals surface area contributed by atoms with Crippen LogP contribution in [0.15, 0.2) is 53.8 Å². The second-order valence-electron chi connectivity index (χ2n) is 6.09. The molecule has 1 aliphatic rings. The number of nitriles is 1. The van der Waals surface area contributed by atoms with Crippen LogP contribution in [0, 0.1) is 11.3 Å². The summed E-state index contributed by atoms with van der Waals surface area (Å²) in [6.07, 6.45) is 1.90. The van der Waals surface area contributed by atoms with E-state index in [9.17, 15) is 5.26 Å². The first-order valence-corrected chi connectivity index (χ1v) is 9.85. The van der Waals surface area contributed by atoms with Crippen LogP contribution in [-0.2, 0) is 12.3 Å². The molecule has 0 amide bonds. The van der Waals surface area contributed by atoms with E-state index in [4.69, 9.17) is 9.47 Å². The molecule has 2 heterocycles. The van der Waals surface area contributed by atoms with Crippen LogP contribution in [0.3, 0.4) is 0 Å². The van der Waals surface area contributed by atoms with Crippen molar-refractivity contribution in [2.45, 2.75) is 24.4 Å². The van der Waals surface area contributed by atoms with Crippen LogP contribution in [0.1, 0.15) is 18.1 Å². The number of thioether (sulfide) groups is 1. The Morgan fingerprint density at radius 3 is 2.78 bits per heavy atom. The molecule has 6 heteroatoms. The molecule has 5 nitrogen and oxygen atoms in total. The van der Waals surface area contributed by atoms with Gasteiger partial charge < -0.3 is 14.0 Å². The smallest absolute Gasteiger partial charge is 0.168 e. The number of hydrogen-bond donors (Lipinski definition) is 0. The fourth-order valence-corrected chi connectivity index (χ4v) is 4.16. The van der Waals surface area contributed by atoms with Gasteiger partial charge in [0.25, 0.3) is 0 Å². The number of imidazole rings is 1. The Kier molecular flexibility index (Phi) is 5.03. The van der Waals surface area contributed by atoms with Gasteiger partial charge in [-0.2, -0.15) is 5.26 Å². The maximum atomic E-state index is 9.26. The minimum Gasteiger partial charge on any atom is -0.486 e. The number of rotatable bonds is 5. The molecule has 0 atom stereocenters. The fourth-order valence-electron chi connectivity index (χ4n) is 3.11. The zero-order chi connectivity index (χ0) is 18.6. The Labute approximate surface area is 162 Å². The Bertz CT molecular complexity index is 1010. The van der Waals surface area contributed by atoms with Gasteiger partial charge >= 0.3 is 0 Å². The minimum absolute atomic E-state index is 0.572. The molecule has 0 spiro atoms. The summed E-state index contributed by atoms with van der Waals surface area (Å²) in [5, 5.41) is 10.2. The third-order valence-corrected chi connectivity index (χ3v) is 5.51. The fraction of sp³-hybridized carbons (Fsp3) is 0.238. The van der Waals surface area contributed by atoms with E-state index in [0.717, 1.165) is 40.0 Å². The summed E-state index contributed by atoms with van der Waals surface area (Å²) in [5.41, 5.74) is 3.84. The van der Waals surface area contributed by atoms with Crippen LogP contribution >= 0.6 is 11.8 Å². The van der Waals surface area contributed by atoms with Crippen LogP contribution in [0.2, 0.25) is 0 Å². The largest absolute Gasteiger partial charge is 0.486 e. The standard InChI is InChI=1S/C21H19N3O2S/c1-2-24-18(15-7-8-19-20(11-15)26-10-9-25-19)13-23-21(24)27-14-17-6-4-3-5-16(17)12-22/h3-8,11,13H,2,9-10,14H2,1H3. The molecular weight excluding hydrogens is 358 g/mol. The summed E-state index contributed by atoms with van der Waals surface area (Å²) in [6, 6.07) is 15.9. The summed E-state index contributed by atoms with van der Waals surface area (Å²) >= 11 is 1.64. The summed E-state index contributed by atoms with van der Waals surface area (Å²) in [6.45, 7) is 4.08. The number of ether oxygens (including phenoxy) is 2. The molecule has 0 saturated heterocycles. The maximum Gasteiger partial charge on any atom is 0.168 e. The van der Waals surface area contributed by atoms with Gasteiger partial charge in [-0.05, 0) is 36.8 Å². The monoisotopic (exact) mass is 377 g/mol. The molecule has 136 valence electrons. The molecule has 0 unspecified atom stereocenters. The Morgan fingerprint density at radius 2 is 1.96 bits per heavy atom. The molecule has 4 rings (SSSR count). The van der Waals surface area contributed by atoms with Gasteiger partial charge in [0.2, 0.25) is 0 Å². The number of nitrogens with zero attached hydrogens (tertiary/aromatic N) is 3. The van der Waals surface area contributed by atoms with Gasteiger partial charge in [-0.15, -0.1) is 0 Å². The van der Waals surface area contributed by atoms with Crippen LogP contribution in [0.25, 0.3) is 11.3 Å². The van der Waals surface area contributed by atoms with Crippen molar-refractivity contribution in [1.82, 2.24) is 9.55 Å². The van der Waals surface area contributed by atoms with Gasteiger partial charge in [0.05, 0.1) is 23.5 Å². The van der Waals surface area contributed by atoms with E-state index in [2.05, 4.69) is 22.5 Å². The summed E-state index contributed by atoms with van der Waals surface area (Å²) < 4.78 is 13.5. The topological polar surface area (TPSA) is 60.1 Å². The van der Waals surface area contributed by atoms with Gasteiger partial charge in [0.1, 0.15) is 13.2 Å². The third-order valence-electron chi connectivity index (χ3n) is 4.47. The zero-order valence-corrected chi connectivity index (χ0v) is 15.8. The highest BCUT2D eigenvalue weighted by Gasteiger charge is 2.16. The molecule has 1 aromatic heterocycles. The predicted octanol–water partition coefficient (Wildman–Crippen LogP) is 4.51. The van der Waals surface area contributed by atoms with Gasteiger partial charge in [-0.1, -0.05) is 30.0 Å². The lowest BCUT2D eigenvalue weighted by Gasteiger charge is -2.19. The van der Waals surface area contributed by atoms with Crippen molar-refractivity contribution in [3.8, 4) is 28.8 Å². The number of aromatic nitrogens is 2. The lowest BCUT2D eigenvalue weighted by molar-refractivity contribution is 0.171. The third kappa shape index (κ3) is 3.51. The molecular formula is C21H19N3O2S. The van der Waals surface area contributed by atoms with E-state index in [-0.39, 0.29) is 0 Å². The molecule has 0 aliphatic carbocycles. The molecule has 27 heavy (non-hydrogen) atoms. The number of fused-ring (bicyclic) bond motifs is 1. The van der Waals surface area contributed by atoms with Crippen molar-refractivity contribution in [2.24, 2.45) is 0 Å². The quantitative estimate of drug-likeness (QED) is 0.613.